The van der Waals surface area contributed by atoms with Gasteiger partial charge in [0.15, 0.2) is 0 Å². The highest BCUT2D eigenvalue weighted by Gasteiger charge is 2.39. The van der Waals surface area contributed by atoms with Gasteiger partial charge < -0.3 is 15.4 Å². The molecule has 1 unspecified atom stereocenters. The van der Waals surface area contributed by atoms with Crippen LogP contribution in [0, 0.1) is 0 Å². The van der Waals surface area contributed by atoms with Gasteiger partial charge in [0.2, 0.25) is 5.91 Å². The molecule has 2 heterocycles. The van der Waals surface area contributed by atoms with Gasteiger partial charge in [0, 0.05) is 32.3 Å². The number of carbonyl (C=O) groups is 1. The van der Waals surface area contributed by atoms with Crippen molar-refractivity contribution in [3.63, 3.8) is 0 Å². The molecule has 0 bridgehead atoms. The lowest BCUT2D eigenvalue weighted by atomic mass is 9.89. The van der Waals surface area contributed by atoms with Gasteiger partial charge in [-0.2, -0.15) is 0 Å². The average Bonchev–Trinajstić information content (AvgIpc) is 2.94. The van der Waals surface area contributed by atoms with Crippen molar-refractivity contribution in [3.8, 4) is 0 Å². The van der Waals surface area contributed by atoms with Crippen molar-refractivity contribution < 1.29 is 9.53 Å². The predicted octanol–water partition coefficient (Wildman–Crippen LogP) is 2.62. The Morgan fingerprint density at radius 3 is 2.91 bits per heavy atom. The van der Waals surface area contributed by atoms with Gasteiger partial charge in [-0.05, 0) is 37.3 Å². The van der Waals surface area contributed by atoms with Crippen molar-refractivity contribution in [2.45, 2.75) is 63.6 Å². The molecule has 22 heavy (non-hydrogen) atoms. The van der Waals surface area contributed by atoms with E-state index in [-0.39, 0.29) is 11.5 Å². The number of rotatable bonds is 4. The zero-order chi connectivity index (χ0) is 15.4. The average molecular weight is 303 g/mol. The summed E-state index contributed by atoms with van der Waals surface area (Å²) in [5, 5.41) is 6.33. The van der Waals surface area contributed by atoms with Crippen LogP contribution in [0.1, 0.15) is 51.0 Å². The van der Waals surface area contributed by atoms with Crippen LogP contribution in [-0.4, -0.2) is 29.1 Å². The summed E-state index contributed by atoms with van der Waals surface area (Å²) in [5.41, 5.74) is 1.30. The Bertz CT molecular complexity index is 509. The molecule has 1 aromatic heterocycles. The van der Waals surface area contributed by atoms with Crippen LogP contribution in [0.15, 0.2) is 18.3 Å². The highest BCUT2D eigenvalue weighted by atomic mass is 16.5. The van der Waals surface area contributed by atoms with Crippen LogP contribution in [0.25, 0.3) is 0 Å². The zero-order valence-electron chi connectivity index (χ0n) is 13.2. The highest BCUT2D eigenvalue weighted by molar-refractivity contribution is 5.87. The summed E-state index contributed by atoms with van der Waals surface area (Å²) < 4.78 is 6.07. The fraction of sp³-hybridized carbons (Fsp3) is 0.647. The normalized spacial score (nSPS) is 23.6. The molecule has 2 aliphatic rings. The summed E-state index contributed by atoms with van der Waals surface area (Å²) in [5.74, 6) is 0.509. The smallest absolute Gasteiger partial charge is 0.222 e. The van der Waals surface area contributed by atoms with Gasteiger partial charge in [-0.3, -0.25) is 4.79 Å². The van der Waals surface area contributed by atoms with E-state index in [0.717, 1.165) is 31.6 Å². The van der Waals surface area contributed by atoms with Gasteiger partial charge >= 0.3 is 0 Å². The standard InChI is InChI=1S/C17H25N3O2/c1-13(21)20-16-5-4-14(12-19-16)11-18-15-6-9-22-17(10-15)7-2-3-8-17/h4-5,12,15,18H,2-3,6-11H2,1H3,(H,19,20,21). The number of amides is 1. The fourth-order valence-electron chi connectivity index (χ4n) is 3.62. The van der Waals surface area contributed by atoms with Crippen LogP contribution in [0.4, 0.5) is 5.82 Å². The maximum absolute atomic E-state index is 11.0. The number of ether oxygens (including phenoxy) is 1. The number of anilines is 1. The summed E-state index contributed by atoms with van der Waals surface area (Å²) in [4.78, 5) is 15.2. The first-order valence-corrected chi connectivity index (χ1v) is 8.25. The maximum Gasteiger partial charge on any atom is 0.222 e. The molecular formula is C17H25N3O2. The van der Waals surface area contributed by atoms with Gasteiger partial charge in [-0.25, -0.2) is 4.98 Å². The van der Waals surface area contributed by atoms with Gasteiger partial charge in [-0.1, -0.05) is 18.9 Å². The lowest BCUT2D eigenvalue weighted by Crippen LogP contribution is -2.45. The number of pyridine rings is 1. The van der Waals surface area contributed by atoms with Crippen LogP contribution in [0.3, 0.4) is 0 Å². The summed E-state index contributed by atoms with van der Waals surface area (Å²) >= 11 is 0. The van der Waals surface area contributed by atoms with E-state index < -0.39 is 0 Å². The second kappa shape index (κ2) is 6.75. The molecule has 0 radical (unpaired) electrons. The van der Waals surface area contributed by atoms with Crippen molar-refractivity contribution in [1.82, 2.24) is 10.3 Å². The molecule has 1 aliphatic carbocycles. The third-order valence-corrected chi connectivity index (χ3v) is 4.73. The fourth-order valence-corrected chi connectivity index (χ4v) is 3.62. The predicted molar refractivity (Wildman–Crippen MR) is 85.6 cm³/mol. The molecule has 120 valence electrons. The number of carbonyl (C=O) groups excluding carboxylic acids is 1. The zero-order valence-corrected chi connectivity index (χ0v) is 13.2. The van der Waals surface area contributed by atoms with Crippen molar-refractivity contribution in [2.24, 2.45) is 0 Å². The second-order valence-electron chi connectivity index (χ2n) is 6.54. The molecule has 0 aromatic carbocycles. The number of hydrogen-bond acceptors (Lipinski definition) is 4. The van der Waals surface area contributed by atoms with Crippen LogP contribution in [-0.2, 0) is 16.1 Å². The van der Waals surface area contributed by atoms with E-state index in [2.05, 4.69) is 15.6 Å². The minimum Gasteiger partial charge on any atom is -0.375 e. The van der Waals surface area contributed by atoms with Crippen molar-refractivity contribution in [2.75, 3.05) is 11.9 Å². The van der Waals surface area contributed by atoms with Gasteiger partial charge in [0.25, 0.3) is 0 Å². The Labute approximate surface area is 131 Å². The Kier molecular flexibility index (Phi) is 4.74. The van der Waals surface area contributed by atoms with E-state index in [1.165, 1.54) is 32.6 Å². The number of aromatic nitrogens is 1. The molecule has 3 rings (SSSR count). The molecule has 2 N–H and O–H groups in total. The Morgan fingerprint density at radius 2 is 2.23 bits per heavy atom. The first kappa shape index (κ1) is 15.4. The minimum absolute atomic E-state index is 0.0950. The van der Waals surface area contributed by atoms with Crippen LogP contribution in [0.2, 0.25) is 0 Å². The maximum atomic E-state index is 11.0. The third kappa shape index (κ3) is 3.84. The van der Waals surface area contributed by atoms with Gasteiger partial charge in [-0.15, -0.1) is 0 Å². The van der Waals surface area contributed by atoms with Crippen LogP contribution < -0.4 is 10.6 Å². The topological polar surface area (TPSA) is 63.2 Å². The van der Waals surface area contributed by atoms with E-state index in [0.29, 0.717) is 11.9 Å². The first-order chi connectivity index (χ1) is 10.7. The number of hydrogen-bond donors (Lipinski definition) is 2. The van der Waals surface area contributed by atoms with Gasteiger partial charge in [0.05, 0.1) is 5.60 Å². The molecule has 1 saturated heterocycles. The summed E-state index contributed by atoms with van der Waals surface area (Å²) in [6, 6.07) is 4.39. The van der Waals surface area contributed by atoms with Crippen molar-refractivity contribution >= 4 is 11.7 Å². The first-order valence-electron chi connectivity index (χ1n) is 8.25. The molecule has 1 atom stereocenters. The lowest BCUT2D eigenvalue weighted by Gasteiger charge is -2.38. The molecule has 1 spiro atoms. The summed E-state index contributed by atoms with van der Waals surface area (Å²) in [6.45, 7) is 3.17. The molecule has 5 heteroatoms. The second-order valence-corrected chi connectivity index (χ2v) is 6.54. The quantitative estimate of drug-likeness (QED) is 0.897. The Morgan fingerprint density at radius 1 is 1.41 bits per heavy atom. The Hall–Kier alpha value is -1.46. The molecule has 5 nitrogen and oxygen atoms in total. The van der Waals surface area contributed by atoms with Crippen LogP contribution in [0.5, 0.6) is 0 Å². The molecule has 1 aromatic rings. The van der Waals surface area contributed by atoms with E-state index in [9.17, 15) is 4.79 Å². The van der Waals surface area contributed by atoms with Gasteiger partial charge in [0.1, 0.15) is 5.82 Å². The molecule has 2 fully saturated rings. The monoisotopic (exact) mass is 303 g/mol. The van der Waals surface area contributed by atoms with Crippen molar-refractivity contribution in [3.05, 3.63) is 23.9 Å². The largest absolute Gasteiger partial charge is 0.375 e. The van der Waals surface area contributed by atoms with E-state index in [4.69, 9.17) is 4.74 Å². The van der Waals surface area contributed by atoms with E-state index in [1.54, 1.807) is 0 Å². The van der Waals surface area contributed by atoms with E-state index >= 15 is 0 Å². The highest BCUT2D eigenvalue weighted by Crippen LogP contribution is 2.39. The van der Waals surface area contributed by atoms with Crippen LogP contribution >= 0.6 is 0 Å². The summed E-state index contributed by atoms with van der Waals surface area (Å²) in [7, 11) is 0. The molecule has 1 amide bonds. The molecule has 1 saturated carbocycles. The lowest BCUT2D eigenvalue weighted by molar-refractivity contribution is -0.114. The number of nitrogens with zero attached hydrogens (tertiary/aromatic N) is 1. The van der Waals surface area contributed by atoms with Crippen molar-refractivity contribution in [1.29, 1.82) is 0 Å². The Balaban J connectivity index is 1.50. The van der Waals surface area contributed by atoms with E-state index in [1.807, 2.05) is 18.3 Å². The third-order valence-electron chi connectivity index (χ3n) is 4.73. The minimum atomic E-state index is -0.0950. The number of nitrogens with one attached hydrogen (secondary N) is 2. The summed E-state index contributed by atoms with van der Waals surface area (Å²) in [6.07, 6.45) is 9.09. The SMILES string of the molecule is CC(=O)Nc1ccc(CNC2CCOC3(CCCC3)C2)cn1. The molecular weight excluding hydrogens is 278 g/mol. The molecule has 1 aliphatic heterocycles.